The first-order valence-electron chi connectivity index (χ1n) is 16.1. The van der Waals surface area contributed by atoms with Gasteiger partial charge in [0.1, 0.15) is 6.61 Å². The minimum absolute atomic E-state index is 0.0142. The summed E-state index contributed by atoms with van der Waals surface area (Å²) in [6.45, 7) is 4.57. The summed E-state index contributed by atoms with van der Waals surface area (Å²) in [4.78, 5) is 43.7. The Morgan fingerprint density at radius 1 is 1.02 bits per heavy atom. The lowest BCUT2D eigenvalue weighted by Gasteiger charge is -2.49. The largest absolute Gasteiger partial charge is 0.390 e. The fourth-order valence-corrected chi connectivity index (χ4v) is 7.63. The van der Waals surface area contributed by atoms with Crippen LogP contribution in [0.4, 0.5) is 15.6 Å². The Morgan fingerprint density at radius 2 is 1.83 bits per heavy atom. The van der Waals surface area contributed by atoms with Gasteiger partial charge in [-0.25, -0.2) is 19.7 Å². The predicted molar refractivity (Wildman–Crippen MR) is 177 cm³/mol. The Hall–Kier alpha value is -3.97. The molecule has 2 aromatic heterocycles. The van der Waals surface area contributed by atoms with Crippen molar-refractivity contribution in [1.29, 1.82) is 0 Å². The number of urea groups is 1. The molecule has 0 bridgehead atoms. The maximum Gasteiger partial charge on any atom is 0.321 e. The summed E-state index contributed by atoms with van der Waals surface area (Å²) < 4.78 is 6.78. The van der Waals surface area contributed by atoms with Crippen LogP contribution >= 0.6 is 11.3 Å². The van der Waals surface area contributed by atoms with Gasteiger partial charge in [-0.3, -0.25) is 9.69 Å². The number of nitrogens with one attached hydrogen (secondary N) is 2. The molecule has 1 aliphatic heterocycles. The number of aromatic nitrogens is 3. The number of aliphatic hydroxyl groups excluding tert-OH is 1. The molecule has 12 heteroatoms. The molecule has 7 rings (SSSR count). The third kappa shape index (κ3) is 6.75. The van der Waals surface area contributed by atoms with Crippen LogP contribution in [-0.4, -0.2) is 85.7 Å². The summed E-state index contributed by atoms with van der Waals surface area (Å²) in [5.41, 5.74) is 3.49. The van der Waals surface area contributed by atoms with Crippen LogP contribution in [0.15, 0.2) is 60.9 Å². The molecular formula is C34H39N7O4S. The number of nitrogens with zero attached hydrogens (tertiary/aromatic N) is 5. The van der Waals surface area contributed by atoms with Crippen LogP contribution in [0.5, 0.6) is 0 Å². The third-order valence-electron chi connectivity index (χ3n) is 9.45. The monoisotopic (exact) mass is 641 g/mol. The van der Waals surface area contributed by atoms with Gasteiger partial charge in [-0.15, -0.1) is 0 Å². The fraction of sp³-hybridized carbons (Fsp3) is 0.441. The average Bonchev–Trinajstić information content (AvgIpc) is 3.65. The van der Waals surface area contributed by atoms with Gasteiger partial charge in [-0.2, -0.15) is 0 Å². The van der Waals surface area contributed by atoms with E-state index in [1.54, 1.807) is 12.4 Å². The van der Waals surface area contributed by atoms with E-state index in [-0.39, 0.29) is 36.6 Å². The third-order valence-corrected chi connectivity index (χ3v) is 10.4. The zero-order chi connectivity index (χ0) is 31.6. The van der Waals surface area contributed by atoms with Gasteiger partial charge in [0.05, 0.1) is 22.4 Å². The maximum absolute atomic E-state index is 13.1. The minimum atomic E-state index is -0.399. The minimum Gasteiger partial charge on any atom is -0.390 e. The highest BCUT2D eigenvalue weighted by molar-refractivity contribution is 7.22. The van der Waals surface area contributed by atoms with Gasteiger partial charge in [-0.05, 0) is 68.9 Å². The Morgan fingerprint density at radius 3 is 2.57 bits per heavy atom. The van der Waals surface area contributed by atoms with Crippen LogP contribution in [-0.2, 0) is 16.1 Å². The highest BCUT2D eigenvalue weighted by Crippen LogP contribution is 2.36. The van der Waals surface area contributed by atoms with Gasteiger partial charge < -0.3 is 25.4 Å². The zero-order valence-corrected chi connectivity index (χ0v) is 26.7. The molecule has 1 saturated heterocycles. The Bertz CT molecular complexity index is 1680. The van der Waals surface area contributed by atoms with Crippen LogP contribution in [0.1, 0.15) is 44.9 Å². The van der Waals surface area contributed by atoms with E-state index in [9.17, 15) is 14.7 Å². The molecule has 3 fully saturated rings. The lowest BCUT2D eigenvalue weighted by atomic mass is 9.78. The van der Waals surface area contributed by atoms with Crippen LogP contribution < -0.4 is 10.6 Å². The van der Waals surface area contributed by atoms with E-state index in [0.717, 1.165) is 65.7 Å². The van der Waals surface area contributed by atoms with Gasteiger partial charge in [0.2, 0.25) is 5.91 Å². The lowest BCUT2D eigenvalue weighted by molar-refractivity contribution is -0.125. The molecule has 240 valence electrons. The van der Waals surface area contributed by atoms with E-state index < -0.39 is 6.10 Å². The lowest BCUT2D eigenvalue weighted by Crippen LogP contribution is -2.60. The van der Waals surface area contributed by atoms with Gasteiger partial charge in [0.15, 0.2) is 11.0 Å². The molecular weight excluding hydrogens is 602 g/mol. The number of carbonyl (C=O) groups is 2. The summed E-state index contributed by atoms with van der Waals surface area (Å²) in [5, 5.41) is 16.6. The normalized spacial score (nSPS) is 24.9. The number of piperazine rings is 1. The van der Waals surface area contributed by atoms with Crippen molar-refractivity contribution in [3.63, 3.8) is 0 Å². The number of ether oxygens (including phenoxy) is 1. The van der Waals surface area contributed by atoms with Crippen molar-refractivity contribution < 1.29 is 19.4 Å². The van der Waals surface area contributed by atoms with Crippen LogP contribution in [0.3, 0.4) is 0 Å². The molecule has 3 N–H and O–H groups in total. The Balaban J connectivity index is 0.889. The molecule has 46 heavy (non-hydrogen) atoms. The second kappa shape index (κ2) is 13.4. The molecule has 3 aliphatic rings. The summed E-state index contributed by atoms with van der Waals surface area (Å²) in [6, 6.07) is 16.0. The molecule has 0 spiro atoms. The van der Waals surface area contributed by atoms with Gasteiger partial charge in [0.25, 0.3) is 0 Å². The van der Waals surface area contributed by atoms with Crippen molar-refractivity contribution in [2.24, 2.45) is 5.92 Å². The van der Waals surface area contributed by atoms with Gasteiger partial charge in [0, 0.05) is 61.3 Å². The number of hydrogen-bond donors (Lipinski definition) is 3. The van der Waals surface area contributed by atoms with Crippen molar-refractivity contribution in [2.75, 3.05) is 30.3 Å². The number of rotatable bonds is 8. The smallest absolute Gasteiger partial charge is 0.321 e. The highest BCUT2D eigenvalue weighted by Gasteiger charge is 2.41. The van der Waals surface area contributed by atoms with Crippen LogP contribution in [0.2, 0.25) is 0 Å². The number of thiazole rings is 1. The van der Waals surface area contributed by atoms with Crippen molar-refractivity contribution in [3.8, 4) is 11.1 Å². The van der Waals surface area contributed by atoms with E-state index in [0.29, 0.717) is 30.1 Å². The quantitative estimate of drug-likeness (QED) is 0.241. The molecule has 0 unspecified atom stereocenters. The molecule has 4 aromatic rings. The number of aliphatic hydroxyl groups is 1. The predicted octanol–water partition coefficient (Wildman–Crippen LogP) is 5.14. The maximum atomic E-state index is 13.1. The number of fused-ring (bicyclic) bond motifs is 1. The molecule has 3 heterocycles. The topological polar surface area (TPSA) is 133 Å². The SMILES string of the molecule is C[C@H]1CN(C(=O)Nc2ccccc2)CCN1C1CC(C(=O)Nc2nc3ccc(-c4cnc(CO[C@H]5CCC[C@@H]5O)nc4)cc3s2)C1. The number of benzene rings is 2. The Kier molecular flexibility index (Phi) is 8.94. The number of para-hydroxylation sites is 1. The standard InChI is InChI=1S/C34H39N7O4S/c1-21-19-40(34(44)37-25-6-3-2-4-7-25)12-13-41(21)26-14-23(15-26)32(43)39-33-38-27-11-10-22(16-30(27)46-33)24-17-35-31(36-18-24)20-45-29-9-5-8-28(29)42/h2-4,6-7,10-11,16-18,21,23,26,28-29,42H,5,8-9,12-15,19-20H2,1H3,(H,37,44)(H,38,39,43)/t21-,23?,26?,28-,29-/m0/s1. The number of amides is 3. The fourth-order valence-electron chi connectivity index (χ4n) is 6.72. The van der Waals surface area contributed by atoms with Crippen molar-refractivity contribution in [1.82, 2.24) is 24.8 Å². The number of carbonyl (C=O) groups excluding carboxylic acids is 2. The van der Waals surface area contributed by atoms with Gasteiger partial charge >= 0.3 is 6.03 Å². The molecule has 2 aliphatic carbocycles. The Labute approximate surface area is 272 Å². The highest BCUT2D eigenvalue weighted by atomic mass is 32.1. The molecule has 0 radical (unpaired) electrons. The molecule has 2 saturated carbocycles. The second-order valence-corrected chi connectivity index (χ2v) is 13.6. The van der Waals surface area contributed by atoms with E-state index >= 15 is 0 Å². The van der Waals surface area contributed by atoms with Crippen LogP contribution in [0.25, 0.3) is 21.3 Å². The van der Waals surface area contributed by atoms with E-state index in [1.807, 2.05) is 53.4 Å². The van der Waals surface area contributed by atoms with E-state index in [4.69, 9.17) is 4.74 Å². The first-order valence-corrected chi connectivity index (χ1v) is 16.9. The summed E-state index contributed by atoms with van der Waals surface area (Å²) in [7, 11) is 0. The summed E-state index contributed by atoms with van der Waals surface area (Å²) in [6.07, 6.45) is 7.29. The van der Waals surface area contributed by atoms with Crippen molar-refractivity contribution in [3.05, 3.63) is 66.7 Å². The molecule has 3 amide bonds. The first-order chi connectivity index (χ1) is 22.4. The zero-order valence-electron chi connectivity index (χ0n) is 25.8. The summed E-state index contributed by atoms with van der Waals surface area (Å²) in [5.74, 6) is 0.559. The van der Waals surface area contributed by atoms with Gasteiger partial charge in [-0.1, -0.05) is 35.6 Å². The average molecular weight is 642 g/mol. The first kappa shape index (κ1) is 30.7. The second-order valence-electron chi connectivity index (χ2n) is 12.6. The van der Waals surface area contributed by atoms with Crippen molar-refractivity contribution >= 4 is 44.3 Å². The van der Waals surface area contributed by atoms with Crippen LogP contribution in [0, 0.1) is 5.92 Å². The van der Waals surface area contributed by atoms with E-state index in [1.165, 1.54) is 11.3 Å². The molecule has 3 atom stereocenters. The number of hydrogen-bond acceptors (Lipinski definition) is 9. The van der Waals surface area contributed by atoms with Crippen molar-refractivity contribution in [2.45, 2.75) is 69.9 Å². The van der Waals surface area contributed by atoms with E-state index in [2.05, 4.69) is 37.4 Å². The molecule has 2 aromatic carbocycles. The molecule has 11 nitrogen and oxygen atoms in total. The number of anilines is 2. The summed E-state index contributed by atoms with van der Waals surface area (Å²) >= 11 is 1.46.